The molecule has 14 heavy (non-hydrogen) atoms. The first-order valence-corrected chi connectivity index (χ1v) is 3.95. The molecule has 0 bridgehead atoms. The van der Waals surface area contributed by atoms with Gasteiger partial charge in [-0.3, -0.25) is 9.97 Å². The zero-order valence-corrected chi connectivity index (χ0v) is 7.44. The summed E-state index contributed by atoms with van der Waals surface area (Å²) in [7, 11) is 1.62. The van der Waals surface area contributed by atoms with Gasteiger partial charge in [-0.15, -0.1) is 10.2 Å². The number of aryl methyl sites for hydroxylation is 1. The summed E-state index contributed by atoms with van der Waals surface area (Å²) in [4.78, 5) is 9.04. The molecule has 0 aliphatic heterocycles. The number of tetrazole rings is 1. The summed E-state index contributed by atoms with van der Waals surface area (Å²) in [5, 5.41) is 20.9. The van der Waals surface area contributed by atoms with Crippen LogP contribution in [-0.2, 0) is 7.05 Å². The highest BCUT2D eigenvalue weighted by Gasteiger charge is 2.16. The second-order valence-electron chi connectivity index (χ2n) is 2.67. The molecule has 7 nitrogen and oxygen atoms in total. The van der Waals surface area contributed by atoms with Crippen LogP contribution in [0, 0.1) is 0 Å². The van der Waals surface area contributed by atoms with Gasteiger partial charge >= 0.3 is 0 Å². The Balaban J connectivity index is 2.29. The molecule has 72 valence electrons. The zero-order valence-electron chi connectivity index (χ0n) is 7.44. The van der Waals surface area contributed by atoms with E-state index < -0.39 is 6.10 Å². The van der Waals surface area contributed by atoms with Crippen LogP contribution in [0.5, 0.6) is 0 Å². The summed E-state index contributed by atoms with van der Waals surface area (Å²) in [5.41, 5.74) is 0.403. The molecule has 2 aromatic heterocycles. The lowest BCUT2D eigenvalue weighted by molar-refractivity contribution is 0.204. The van der Waals surface area contributed by atoms with Gasteiger partial charge < -0.3 is 5.11 Å². The number of aromatic nitrogens is 6. The van der Waals surface area contributed by atoms with E-state index in [1.165, 1.54) is 23.4 Å². The first-order chi connectivity index (χ1) is 6.77. The minimum absolute atomic E-state index is 0.216. The quantitative estimate of drug-likeness (QED) is 0.662. The van der Waals surface area contributed by atoms with E-state index >= 15 is 0 Å². The molecule has 0 aromatic carbocycles. The molecular formula is C7H8N6O. The normalized spacial score (nSPS) is 12.7. The molecule has 1 atom stereocenters. The van der Waals surface area contributed by atoms with Gasteiger partial charge in [-0.05, 0) is 5.21 Å². The maximum atomic E-state index is 9.72. The van der Waals surface area contributed by atoms with Crippen molar-refractivity contribution in [3.8, 4) is 0 Å². The lowest BCUT2D eigenvalue weighted by Crippen LogP contribution is -2.05. The second kappa shape index (κ2) is 3.46. The first-order valence-electron chi connectivity index (χ1n) is 3.95. The van der Waals surface area contributed by atoms with Crippen molar-refractivity contribution in [1.29, 1.82) is 0 Å². The highest BCUT2D eigenvalue weighted by atomic mass is 16.3. The van der Waals surface area contributed by atoms with Gasteiger partial charge in [0.25, 0.3) is 0 Å². The van der Waals surface area contributed by atoms with Crippen LogP contribution >= 0.6 is 0 Å². The van der Waals surface area contributed by atoms with Crippen molar-refractivity contribution in [3.05, 3.63) is 30.1 Å². The standard InChI is InChI=1S/C7H8N6O/c1-13-11-7(10-12-13)6(14)5-4-8-2-3-9-5/h2-4,6,14H,1H3. The first kappa shape index (κ1) is 8.70. The summed E-state index contributed by atoms with van der Waals surface area (Å²) in [6, 6.07) is 0. The van der Waals surface area contributed by atoms with Crippen molar-refractivity contribution in [2.75, 3.05) is 0 Å². The van der Waals surface area contributed by atoms with E-state index in [0.717, 1.165) is 0 Å². The molecule has 7 heteroatoms. The topological polar surface area (TPSA) is 89.6 Å². The third kappa shape index (κ3) is 1.57. The largest absolute Gasteiger partial charge is 0.378 e. The molecule has 2 heterocycles. The van der Waals surface area contributed by atoms with E-state index in [9.17, 15) is 5.11 Å². The van der Waals surface area contributed by atoms with Gasteiger partial charge in [0.2, 0.25) is 5.82 Å². The predicted molar refractivity (Wildman–Crippen MR) is 44.9 cm³/mol. The molecule has 0 aliphatic rings. The number of aliphatic hydroxyl groups excluding tert-OH is 1. The molecule has 0 saturated carbocycles. The Morgan fingerprint density at radius 3 is 2.86 bits per heavy atom. The molecule has 0 saturated heterocycles. The fraction of sp³-hybridized carbons (Fsp3) is 0.286. The van der Waals surface area contributed by atoms with Gasteiger partial charge in [-0.1, -0.05) is 0 Å². The molecule has 2 rings (SSSR count). The fourth-order valence-corrected chi connectivity index (χ4v) is 0.992. The monoisotopic (exact) mass is 192 g/mol. The van der Waals surface area contributed by atoms with E-state index in [0.29, 0.717) is 5.69 Å². The van der Waals surface area contributed by atoms with Crippen LogP contribution in [0.4, 0.5) is 0 Å². The second-order valence-corrected chi connectivity index (χ2v) is 2.67. The molecule has 2 aromatic rings. The average molecular weight is 192 g/mol. The van der Waals surface area contributed by atoms with E-state index in [1.54, 1.807) is 7.05 Å². The molecule has 0 radical (unpaired) electrons. The van der Waals surface area contributed by atoms with Crippen molar-refractivity contribution in [2.24, 2.45) is 7.05 Å². The van der Waals surface area contributed by atoms with Crippen molar-refractivity contribution >= 4 is 0 Å². The Bertz CT molecular complexity index is 413. The Morgan fingerprint density at radius 2 is 2.29 bits per heavy atom. The number of aliphatic hydroxyl groups is 1. The van der Waals surface area contributed by atoms with Crippen LogP contribution in [0.15, 0.2) is 18.6 Å². The number of hydrogen-bond acceptors (Lipinski definition) is 6. The fourth-order valence-electron chi connectivity index (χ4n) is 0.992. The Labute approximate surface area is 79.4 Å². The smallest absolute Gasteiger partial charge is 0.209 e. The van der Waals surface area contributed by atoms with Crippen molar-refractivity contribution < 1.29 is 5.11 Å². The third-order valence-electron chi connectivity index (χ3n) is 1.63. The van der Waals surface area contributed by atoms with Gasteiger partial charge in [0.05, 0.1) is 18.9 Å². The molecule has 0 spiro atoms. The summed E-state index contributed by atoms with van der Waals surface area (Å²) in [6.07, 6.45) is 3.51. The van der Waals surface area contributed by atoms with Crippen LogP contribution in [0.1, 0.15) is 17.6 Å². The van der Waals surface area contributed by atoms with E-state index in [2.05, 4.69) is 25.4 Å². The maximum absolute atomic E-state index is 9.72. The number of nitrogens with zero attached hydrogens (tertiary/aromatic N) is 6. The lowest BCUT2D eigenvalue weighted by Gasteiger charge is -2.02. The predicted octanol–water partition coefficient (Wildman–Crippen LogP) is -0.918. The Morgan fingerprint density at radius 1 is 1.43 bits per heavy atom. The molecular weight excluding hydrogens is 184 g/mol. The molecule has 0 amide bonds. The van der Waals surface area contributed by atoms with Crippen LogP contribution in [0.25, 0.3) is 0 Å². The zero-order chi connectivity index (χ0) is 9.97. The lowest BCUT2D eigenvalue weighted by atomic mass is 10.2. The van der Waals surface area contributed by atoms with Crippen LogP contribution < -0.4 is 0 Å². The average Bonchev–Trinajstić information content (AvgIpc) is 2.65. The minimum atomic E-state index is -0.975. The van der Waals surface area contributed by atoms with Gasteiger partial charge in [-0.2, -0.15) is 4.80 Å². The minimum Gasteiger partial charge on any atom is -0.378 e. The van der Waals surface area contributed by atoms with Gasteiger partial charge in [0.15, 0.2) is 6.10 Å². The van der Waals surface area contributed by atoms with E-state index in [1.807, 2.05) is 0 Å². The third-order valence-corrected chi connectivity index (χ3v) is 1.63. The van der Waals surface area contributed by atoms with Crippen LogP contribution in [0.3, 0.4) is 0 Å². The van der Waals surface area contributed by atoms with Crippen molar-refractivity contribution in [3.63, 3.8) is 0 Å². The van der Waals surface area contributed by atoms with Gasteiger partial charge in [0, 0.05) is 12.4 Å². The Kier molecular flexibility index (Phi) is 2.15. The van der Waals surface area contributed by atoms with E-state index in [-0.39, 0.29) is 5.82 Å². The van der Waals surface area contributed by atoms with Crippen LogP contribution in [-0.4, -0.2) is 35.3 Å². The summed E-state index contributed by atoms with van der Waals surface area (Å²) < 4.78 is 0. The van der Waals surface area contributed by atoms with Crippen molar-refractivity contribution in [2.45, 2.75) is 6.10 Å². The molecule has 0 fully saturated rings. The SMILES string of the molecule is Cn1nnc(C(O)c2cnccn2)n1. The number of hydrogen-bond donors (Lipinski definition) is 1. The maximum Gasteiger partial charge on any atom is 0.209 e. The summed E-state index contributed by atoms with van der Waals surface area (Å²) in [6.45, 7) is 0. The molecule has 1 N–H and O–H groups in total. The van der Waals surface area contributed by atoms with Gasteiger partial charge in [-0.25, -0.2) is 0 Å². The van der Waals surface area contributed by atoms with Crippen molar-refractivity contribution in [1.82, 2.24) is 30.2 Å². The van der Waals surface area contributed by atoms with E-state index in [4.69, 9.17) is 0 Å². The summed E-state index contributed by atoms with van der Waals surface area (Å²) >= 11 is 0. The van der Waals surface area contributed by atoms with Crippen LogP contribution in [0.2, 0.25) is 0 Å². The summed E-state index contributed by atoms with van der Waals surface area (Å²) in [5.74, 6) is 0.216. The Hall–Kier alpha value is -1.89. The highest BCUT2D eigenvalue weighted by Crippen LogP contribution is 2.13. The molecule has 0 aliphatic carbocycles. The van der Waals surface area contributed by atoms with Gasteiger partial charge in [0.1, 0.15) is 0 Å². The highest BCUT2D eigenvalue weighted by molar-refractivity contribution is 5.08. The molecule has 1 unspecified atom stereocenters. The number of rotatable bonds is 2.